The van der Waals surface area contributed by atoms with Crippen molar-refractivity contribution in [1.29, 1.82) is 0 Å². The van der Waals surface area contributed by atoms with E-state index < -0.39 is 5.60 Å². The highest BCUT2D eigenvalue weighted by atomic mass is 16.6. The summed E-state index contributed by atoms with van der Waals surface area (Å²) >= 11 is 0. The van der Waals surface area contributed by atoms with Crippen LogP contribution < -0.4 is 0 Å². The molecular weight excluding hydrogens is 392 g/mol. The van der Waals surface area contributed by atoms with Gasteiger partial charge in [0.15, 0.2) is 0 Å². The van der Waals surface area contributed by atoms with Crippen LogP contribution in [0.15, 0.2) is 36.4 Å². The number of amides is 1. The van der Waals surface area contributed by atoms with Crippen LogP contribution in [0.4, 0.5) is 4.79 Å². The number of aromatic hydroxyl groups is 1. The quantitative estimate of drug-likeness (QED) is 0.654. The number of likely N-dealkylation sites (tertiary alicyclic amines) is 1. The van der Waals surface area contributed by atoms with Crippen LogP contribution in [-0.2, 0) is 4.74 Å². The van der Waals surface area contributed by atoms with Crippen molar-refractivity contribution in [3.63, 3.8) is 0 Å². The van der Waals surface area contributed by atoms with E-state index in [-0.39, 0.29) is 17.8 Å². The van der Waals surface area contributed by atoms with Crippen molar-refractivity contribution in [3.8, 4) is 17.0 Å². The molecule has 162 valence electrons. The van der Waals surface area contributed by atoms with Gasteiger partial charge in [-0.25, -0.2) is 4.79 Å². The summed E-state index contributed by atoms with van der Waals surface area (Å²) in [6.45, 7) is 7.02. The predicted octanol–water partition coefficient (Wildman–Crippen LogP) is 4.86. The first-order valence-electron chi connectivity index (χ1n) is 10.9. The van der Waals surface area contributed by atoms with Gasteiger partial charge in [0.05, 0.1) is 11.2 Å². The number of para-hydroxylation sites is 1. The standard InChI is InChI=1S/C24H28N4O3/c1-24(2,3)31-23(30)27-11-10-15(14-27)20-13-19-21(28(20)16-8-9-16)12-18(25-26-19)17-6-4-5-7-22(17)29/h4-7,12-13,15-16,29H,8-11,14H2,1-3H3. The minimum Gasteiger partial charge on any atom is -0.507 e. The number of aromatic nitrogens is 3. The molecule has 2 fully saturated rings. The lowest BCUT2D eigenvalue weighted by molar-refractivity contribution is 0.0292. The molecule has 2 aliphatic rings. The summed E-state index contributed by atoms with van der Waals surface area (Å²) < 4.78 is 7.95. The van der Waals surface area contributed by atoms with Gasteiger partial charge in [0.25, 0.3) is 0 Å². The molecule has 1 N–H and O–H groups in total. The normalized spacial score (nSPS) is 19.2. The molecule has 1 aromatic carbocycles. The van der Waals surface area contributed by atoms with Gasteiger partial charge in [-0.15, -0.1) is 10.2 Å². The Labute approximate surface area is 181 Å². The Hall–Kier alpha value is -3.09. The van der Waals surface area contributed by atoms with Crippen LogP contribution >= 0.6 is 0 Å². The molecule has 1 saturated heterocycles. The van der Waals surface area contributed by atoms with Crippen molar-refractivity contribution < 1.29 is 14.6 Å². The molecule has 0 bridgehead atoms. The Bertz CT molecular complexity index is 1140. The van der Waals surface area contributed by atoms with Crippen molar-refractivity contribution in [3.05, 3.63) is 42.1 Å². The summed E-state index contributed by atoms with van der Waals surface area (Å²) in [4.78, 5) is 14.3. The lowest BCUT2D eigenvalue weighted by Gasteiger charge is -2.24. The molecule has 5 rings (SSSR count). The second kappa shape index (κ2) is 7.25. The highest BCUT2D eigenvalue weighted by Crippen LogP contribution is 2.43. The van der Waals surface area contributed by atoms with E-state index in [2.05, 4.69) is 20.8 Å². The molecule has 1 amide bonds. The Kier molecular flexibility index (Phi) is 4.64. The molecule has 3 heterocycles. The molecule has 7 heteroatoms. The number of hydrogen-bond donors (Lipinski definition) is 1. The van der Waals surface area contributed by atoms with Crippen LogP contribution in [0.3, 0.4) is 0 Å². The fraction of sp³-hybridized carbons (Fsp3) is 0.458. The Balaban J connectivity index is 1.48. The van der Waals surface area contributed by atoms with Crippen LogP contribution in [0.2, 0.25) is 0 Å². The average Bonchev–Trinajstić information content (AvgIpc) is 3.29. The molecule has 1 unspecified atom stereocenters. The Morgan fingerprint density at radius 2 is 1.90 bits per heavy atom. The van der Waals surface area contributed by atoms with Gasteiger partial charge >= 0.3 is 6.09 Å². The molecular formula is C24H28N4O3. The van der Waals surface area contributed by atoms with Crippen LogP contribution in [0.25, 0.3) is 22.3 Å². The van der Waals surface area contributed by atoms with Gasteiger partial charge in [0, 0.05) is 36.3 Å². The van der Waals surface area contributed by atoms with Crippen LogP contribution in [-0.4, -0.2) is 49.6 Å². The predicted molar refractivity (Wildman–Crippen MR) is 118 cm³/mol. The van der Waals surface area contributed by atoms with Gasteiger partial charge in [0.1, 0.15) is 16.9 Å². The van der Waals surface area contributed by atoms with E-state index >= 15 is 0 Å². The van der Waals surface area contributed by atoms with E-state index in [9.17, 15) is 9.90 Å². The van der Waals surface area contributed by atoms with E-state index in [0.717, 1.165) is 30.3 Å². The van der Waals surface area contributed by atoms with Gasteiger partial charge in [-0.2, -0.15) is 0 Å². The van der Waals surface area contributed by atoms with Crippen molar-refractivity contribution in [2.45, 2.75) is 57.6 Å². The van der Waals surface area contributed by atoms with Gasteiger partial charge in [-0.1, -0.05) is 12.1 Å². The lowest BCUT2D eigenvalue weighted by Crippen LogP contribution is -2.35. The number of hydrogen-bond acceptors (Lipinski definition) is 5. The number of benzene rings is 1. The van der Waals surface area contributed by atoms with E-state index in [1.165, 1.54) is 5.69 Å². The topological polar surface area (TPSA) is 80.5 Å². The number of nitrogens with zero attached hydrogens (tertiary/aromatic N) is 4. The average molecular weight is 421 g/mol. The smallest absolute Gasteiger partial charge is 0.410 e. The molecule has 1 aliphatic carbocycles. The molecule has 0 radical (unpaired) electrons. The van der Waals surface area contributed by atoms with E-state index in [1.54, 1.807) is 12.1 Å². The van der Waals surface area contributed by atoms with E-state index in [0.29, 0.717) is 30.4 Å². The maximum atomic E-state index is 12.5. The molecule has 1 aliphatic heterocycles. The van der Waals surface area contributed by atoms with E-state index in [4.69, 9.17) is 4.74 Å². The Morgan fingerprint density at radius 1 is 1.13 bits per heavy atom. The van der Waals surface area contributed by atoms with Crippen LogP contribution in [0.5, 0.6) is 5.75 Å². The maximum Gasteiger partial charge on any atom is 0.410 e. The van der Waals surface area contributed by atoms with Crippen LogP contribution in [0.1, 0.15) is 57.7 Å². The first-order valence-corrected chi connectivity index (χ1v) is 10.9. The Morgan fingerprint density at radius 3 is 2.61 bits per heavy atom. The van der Waals surface area contributed by atoms with Gasteiger partial charge < -0.3 is 19.3 Å². The molecule has 1 saturated carbocycles. The maximum absolute atomic E-state index is 12.5. The number of phenols is 1. The van der Waals surface area contributed by atoms with Crippen LogP contribution in [0, 0.1) is 0 Å². The molecule has 3 aromatic rings. The van der Waals surface area contributed by atoms with Crippen molar-refractivity contribution >= 4 is 17.1 Å². The van der Waals surface area contributed by atoms with Gasteiger partial charge in [-0.3, -0.25) is 0 Å². The molecule has 1 atom stereocenters. The third-order valence-electron chi connectivity index (χ3n) is 5.97. The third kappa shape index (κ3) is 3.84. The highest BCUT2D eigenvalue weighted by Gasteiger charge is 2.35. The summed E-state index contributed by atoms with van der Waals surface area (Å²) in [5.74, 6) is 0.445. The van der Waals surface area contributed by atoms with Crippen molar-refractivity contribution in [2.75, 3.05) is 13.1 Å². The van der Waals surface area contributed by atoms with E-state index in [1.807, 2.05) is 43.9 Å². The number of phenolic OH excluding ortho intramolecular Hbond substituents is 1. The zero-order valence-electron chi connectivity index (χ0n) is 18.2. The first kappa shape index (κ1) is 19.8. The number of carbonyl (C=O) groups excluding carboxylic acids is 1. The molecule has 7 nitrogen and oxygen atoms in total. The molecule has 2 aromatic heterocycles. The monoisotopic (exact) mass is 420 g/mol. The lowest BCUT2D eigenvalue weighted by atomic mass is 10.1. The largest absolute Gasteiger partial charge is 0.507 e. The highest BCUT2D eigenvalue weighted by molar-refractivity contribution is 5.82. The van der Waals surface area contributed by atoms with Crippen molar-refractivity contribution in [1.82, 2.24) is 19.7 Å². The van der Waals surface area contributed by atoms with Crippen molar-refractivity contribution in [2.24, 2.45) is 0 Å². The second-order valence-electron chi connectivity index (χ2n) is 9.60. The van der Waals surface area contributed by atoms with Gasteiger partial charge in [-0.05, 0) is 64.3 Å². The number of ether oxygens (including phenoxy) is 1. The zero-order chi connectivity index (χ0) is 21.8. The summed E-state index contributed by atoms with van der Waals surface area (Å²) in [6.07, 6.45) is 2.95. The summed E-state index contributed by atoms with van der Waals surface area (Å²) in [5.41, 5.74) is 3.97. The number of carbonyl (C=O) groups is 1. The molecule has 31 heavy (non-hydrogen) atoms. The molecule has 0 spiro atoms. The van der Waals surface area contributed by atoms with Gasteiger partial charge in [0.2, 0.25) is 0 Å². The SMILES string of the molecule is CC(C)(C)OC(=O)N1CCC(c2cc3nnc(-c4ccccc4O)cc3n2C2CC2)C1. The fourth-order valence-electron chi connectivity index (χ4n) is 4.41. The minimum absolute atomic E-state index is 0.199. The summed E-state index contributed by atoms with van der Waals surface area (Å²) in [7, 11) is 0. The fourth-order valence-corrected chi connectivity index (χ4v) is 4.41. The number of fused-ring (bicyclic) bond motifs is 1. The minimum atomic E-state index is -0.493. The zero-order valence-corrected chi connectivity index (χ0v) is 18.2. The summed E-state index contributed by atoms with van der Waals surface area (Å²) in [6, 6.07) is 11.8. The first-order chi connectivity index (χ1) is 14.8. The second-order valence-corrected chi connectivity index (χ2v) is 9.60. The third-order valence-corrected chi connectivity index (χ3v) is 5.97. The summed E-state index contributed by atoms with van der Waals surface area (Å²) in [5, 5.41) is 19.1. The number of rotatable bonds is 3.